The van der Waals surface area contributed by atoms with Gasteiger partial charge in [-0.3, -0.25) is 4.79 Å². The quantitative estimate of drug-likeness (QED) is 0.836. The van der Waals surface area contributed by atoms with E-state index in [1.54, 1.807) is 4.90 Å². The Morgan fingerprint density at radius 3 is 2.44 bits per heavy atom. The van der Waals surface area contributed by atoms with E-state index in [0.29, 0.717) is 5.02 Å². The third-order valence-electron chi connectivity index (χ3n) is 6.04. The van der Waals surface area contributed by atoms with Gasteiger partial charge in [0.2, 0.25) is 5.91 Å². The number of carbonyl (C=O) groups excluding carboxylic acids is 1. The van der Waals surface area contributed by atoms with E-state index in [9.17, 15) is 15.0 Å². The van der Waals surface area contributed by atoms with Gasteiger partial charge in [0.1, 0.15) is 6.10 Å². The fraction of sp³-hybridized carbons (Fsp3) is 0.409. The van der Waals surface area contributed by atoms with E-state index in [0.717, 1.165) is 48.9 Å². The number of hydrogen-bond acceptors (Lipinski definition) is 3. The lowest BCUT2D eigenvalue weighted by atomic mass is 9.70. The molecule has 1 saturated carbocycles. The number of rotatable bonds is 4. The van der Waals surface area contributed by atoms with Gasteiger partial charge < -0.3 is 15.1 Å². The molecular weight excluding hydrogens is 362 g/mol. The fourth-order valence-corrected chi connectivity index (χ4v) is 4.94. The molecule has 27 heavy (non-hydrogen) atoms. The van der Waals surface area contributed by atoms with Crippen LogP contribution in [0.1, 0.15) is 49.3 Å². The molecule has 0 radical (unpaired) electrons. The van der Waals surface area contributed by atoms with Crippen molar-refractivity contribution in [1.82, 2.24) is 0 Å². The molecule has 4 rings (SSSR count). The average molecular weight is 386 g/mol. The summed E-state index contributed by atoms with van der Waals surface area (Å²) in [7, 11) is 0. The first-order valence-corrected chi connectivity index (χ1v) is 9.94. The molecule has 1 fully saturated rings. The van der Waals surface area contributed by atoms with Crippen LogP contribution in [-0.4, -0.2) is 28.8 Å². The van der Waals surface area contributed by atoms with Gasteiger partial charge in [-0.2, -0.15) is 0 Å². The first kappa shape index (κ1) is 18.5. The highest BCUT2D eigenvalue weighted by atomic mass is 35.5. The molecule has 5 heteroatoms. The largest absolute Gasteiger partial charge is 0.394 e. The molecule has 2 aromatic carbocycles. The van der Waals surface area contributed by atoms with Crippen LogP contribution in [-0.2, 0) is 10.2 Å². The minimum Gasteiger partial charge on any atom is -0.394 e. The fourth-order valence-electron chi connectivity index (χ4n) is 4.77. The van der Waals surface area contributed by atoms with E-state index in [1.807, 2.05) is 48.5 Å². The molecule has 142 valence electrons. The van der Waals surface area contributed by atoms with E-state index >= 15 is 0 Å². The van der Waals surface area contributed by atoms with E-state index in [4.69, 9.17) is 11.6 Å². The first-order valence-electron chi connectivity index (χ1n) is 9.56. The molecule has 0 aromatic heterocycles. The Kier molecular flexibility index (Phi) is 4.97. The van der Waals surface area contributed by atoms with Gasteiger partial charge in [0.15, 0.2) is 0 Å². The molecule has 4 nitrogen and oxygen atoms in total. The van der Waals surface area contributed by atoms with Crippen molar-refractivity contribution in [2.75, 3.05) is 11.5 Å². The maximum absolute atomic E-state index is 13.8. The summed E-state index contributed by atoms with van der Waals surface area (Å²) >= 11 is 6.28. The smallest absolute Gasteiger partial charge is 0.238 e. The summed E-state index contributed by atoms with van der Waals surface area (Å²) < 4.78 is 0. The second-order valence-electron chi connectivity index (χ2n) is 7.58. The van der Waals surface area contributed by atoms with Gasteiger partial charge in [-0.1, -0.05) is 67.3 Å². The van der Waals surface area contributed by atoms with Crippen molar-refractivity contribution in [2.24, 2.45) is 0 Å². The summed E-state index contributed by atoms with van der Waals surface area (Å²) in [5.41, 5.74) is 2.02. The maximum atomic E-state index is 13.8. The molecular formula is C22H24ClNO3. The summed E-state index contributed by atoms with van der Waals surface area (Å²) in [5.74, 6) is 0.0146. The lowest BCUT2D eigenvalue weighted by Gasteiger charge is -2.36. The zero-order valence-electron chi connectivity index (χ0n) is 15.1. The van der Waals surface area contributed by atoms with Gasteiger partial charge in [-0.05, 0) is 36.1 Å². The Bertz CT molecular complexity index is 833. The Hall–Kier alpha value is -1.88. The van der Waals surface area contributed by atoms with Crippen molar-refractivity contribution in [3.05, 3.63) is 64.7 Å². The number of aliphatic hydroxyl groups is 2. The molecule has 2 aromatic rings. The van der Waals surface area contributed by atoms with Crippen molar-refractivity contribution in [2.45, 2.75) is 49.7 Å². The zero-order valence-corrected chi connectivity index (χ0v) is 15.9. The number of fused-ring (bicyclic) bond motifs is 2. The minimum atomic E-state index is -1.08. The number of benzene rings is 2. The monoisotopic (exact) mass is 385 g/mol. The van der Waals surface area contributed by atoms with Gasteiger partial charge in [-0.15, -0.1) is 0 Å². The van der Waals surface area contributed by atoms with Gasteiger partial charge in [0.25, 0.3) is 0 Å². The van der Waals surface area contributed by atoms with Gasteiger partial charge in [-0.25, -0.2) is 0 Å². The third kappa shape index (κ3) is 2.96. The Balaban J connectivity index is 1.88. The van der Waals surface area contributed by atoms with Crippen LogP contribution in [0.25, 0.3) is 0 Å². The molecule has 2 N–H and O–H groups in total. The highest BCUT2D eigenvalue weighted by Crippen LogP contribution is 2.53. The Morgan fingerprint density at radius 1 is 1.07 bits per heavy atom. The van der Waals surface area contributed by atoms with Crippen molar-refractivity contribution in [1.29, 1.82) is 0 Å². The average Bonchev–Trinajstić information content (AvgIpc) is 2.92. The Labute approximate surface area is 164 Å². The molecule has 1 amide bonds. The van der Waals surface area contributed by atoms with E-state index < -0.39 is 24.2 Å². The normalized spacial score (nSPS) is 20.6. The Morgan fingerprint density at radius 2 is 1.78 bits per heavy atom. The molecule has 0 unspecified atom stereocenters. The summed E-state index contributed by atoms with van der Waals surface area (Å²) in [5, 5.41) is 20.9. The summed E-state index contributed by atoms with van der Waals surface area (Å²) in [6, 6.07) is 14.4. The van der Waals surface area contributed by atoms with Crippen LogP contribution in [0.15, 0.2) is 48.5 Å². The van der Waals surface area contributed by atoms with E-state index in [-0.39, 0.29) is 5.91 Å². The predicted molar refractivity (Wildman–Crippen MR) is 106 cm³/mol. The van der Waals surface area contributed by atoms with Crippen molar-refractivity contribution in [3.63, 3.8) is 0 Å². The number of aliphatic hydroxyl groups excluding tert-OH is 2. The molecule has 0 saturated heterocycles. The van der Waals surface area contributed by atoms with Crippen LogP contribution in [0.4, 0.5) is 5.69 Å². The minimum absolute atomic E-state index is 0.0146. The summed E-state index contributed by atoms with van der Waals surface area (Å²) in [4.78, 5) is 15.5. The van der Waals surface area contributed by atoms with E-state index in [1.165, 1.54) is 0 Å². The zero-order chi connectivity index (χ0) is 19.0. The number of halogens is 1. The number of anilines is 1. The van der Waals surface area contributed by atoms with Crippen molar-refractivity contribution in [3.8, 4) is 0 Å². The predicted octanol–water partition coefficient (Wildman–Crippen LogP) is 3.98. The first-order chi connectivity index (χ1) is 13.1. The molecule has 2 aliphatic rings. The van der Waals surface area contributed by atoms with Crippen LogP contribution >= 0.6 is 11.6 Å². The van der Waals surface area contributed by atoms with E-state index in [2.05, 4.69) is 0 Å². The number of carbonyl (C=O) groups is 1. The van der Waals surface area contributed by atoms with Gasteiger partial charge in [0, 0.05) is 5.02 Å². The number of hydrogen-bond donors (Lipinski definition) is 2. The summed E-state index contributed by atoms with van der Waals surface area (Å²) in [6.07, 6.45) is 3.71. The maximum Gasteiger partial charge on any atom is 0.238 e. The second kappa shape index (κ2) is 7.27. The lowest BCUT2D eigenvalue weighted by molar-refractivity contribution is -0.125. The molecule has 0 bridgehead atoms. The number of nitrogens with zero attached hydrogens (tertiary/aromatic N) is 1. The van der Waals surface area contributed by atoms with Gasteiger partial charge >= 0.3 is 0 Å². The van der Waals surface area contributed by atoms with Crippen LogP contribution in [0.5, 0.6) is 0 Å². The number of amides is 1. The van der Waals surface area contributed by atoms with Gasteiger partial charge in [0.05, 0.1) is 23.8 Å². The molecule has 1 aliphatic carbocycles. The molecule has 2 atom stereocenters. The highest BCUT2D eigenvalue weighted by Gasteiger charge is 2.53. The molecule has 1 spiro atoms. The van der Waals surface area contributed by atoms with Crippen LogP contribution < -0.4 is 4.90 Å². The summed E-state index contributed by atoms with van der Waals surface area (Å²) in [6.45, 7) is -0.424. The lowest BCUT2D eigenvalue weighted by Crippen LogP contribution is -2.46. The topological polar surface area (TPSA) is 60.8 Å². The second-order valence-corrected chi connectivity index (χ2v) is 8.02. The SMILES string of the molecule is O=C1N([C@@H](c2ccccc2)[C@H](O)CO)c2cc(Cl)ccc2C12CCCCC2. The standard InChI is InChI=1S/C22H24ClNO3/c23-16-9-10-17-18(13-16)24(21(27)22(17)11-5-2-6-12-22)20(19(26)14-25)15-7-3-1-4-8-15/h1,3-4,7-10,13,19-20,25-26H,2,5-6,11-12,14H2/t19-,20+/m1/s1. The third-order valence-corrected chi connectivity index (χ3v) is 6.28. The molecule has 1 aliphatic heterocycles. The van der Waals surface area contributed by atoms with Crippen LogP contribution in [0, 0.1) is 0 Å². The van der Waals surface area contributed by atoms with Crippen molar-refractivity contribution >= 4 is 23.2 Å². The van der Waals surface area contributed by atoms with Crippen LogP contribution in [0.3, 0.4) is 0 Å². The molecule has 1 heterocycles. The van der Waals surface area contributed by atoms with Crippen LogP contribution in [0.2, 0.25) is 5.02 Å². The highest BCUT2D eigenvalue weighted by molar-refractivity contribution is 6.31. The van der Waals surface area contributed by atoms with Crippen molar-refractivity contribution < 1.29 is 15.0 Å².